The van der Waals surface area contributed by atoms with Gasteiger partial charge in [0.2, 0.25) is 0 Å². The second-order valence-corrected chi connectivity index (χ2v) is 6.94. The van der Waals surface area contributed by atoms with Gasteiger partial charge in [0, 0.05) is 13.1 Å². The molecule has 0 saturated carbocycles. The van der Waals surface area contributed by atoms with Crippen LogP contribution in [0.2, 0.25) is 0 Å². The van der Waals surface area contributed by atoms with Gasteiger partial charge in [-0.05, 0) is 38.3 Å². The van der Waals surface area contributed by atoms with E-state index >= 15 is 0 Å². The molecule has 2 heterocycles. The van der Waals surface area contributed by atoms with E-state index in [1.54, 1.807) is 19.1 Å². The molecular formula is C18H21N3O3S. The van der Waals surface area contributed by atoms with Gasteiger partial charge in [-0.3, -0.25) is 14.9 Å². The van der Waals surface area contributed by atoms with Crippen LogP contribution in [-0.4, -0.2) is 41.4 Å². The number of carbonyl (C=O) groups excluding carboxylic acids is 2. The Balaban J connectivity index is 1.58. The summed E-state index contributed by atoms with van der Waals surface area (Å²) in [6.07, 6.45) is 3.27. The monoisotopic (exact) mass is 359 g/mol. The number of hydrogen-bond acceptors (Lipinski definition) is 5. The number of nitrogens with zero attached hydrogens (tertiary/aromatic N) is 2. The first-order valence-corrected chi connectivity index (χ1v) is 9.19. The molecule has 0 unspecified atom stereocenters. The fourth-order valence-electron chi connectivity index (χ4n) is 2.71. The summed E-state index contributed by atoms with van der Waals surface area (Å²) < 4.78 is 5.41. The summed E-state index contributed by atoms with van der Waals surface area (Å²) in [5.41, 5.74) is 0.653. The second-order valence-electron chi connectivity index (χ2n) is 5.94. The smallest absolute Gasteiger partial charge is 0.265 e. The van der Waals surface area contributed by atoms with Crippen LogP contribution < -0.4 is 10.1 Å². The van der Waals surface area contributed by atoms with Crippen LogP contribution in [0.15, 0.2) is 30.3 Å². The van der Waals surface area contributed by atoms with E-state index in [0.29, 0.717) is 21.5 Å². The molecule has 1 aromatic carbocycles. The number of carbonyl (C=O) groups is 2. The van der Waals surface area contributed by atoms with Crippen LogP contribution in [0.3, 0.4) is 0 Å². The van der Waals surface area contributed by atoms with E-state index in [9.17, 15) is 9.59 Å². The number of aromatic nitrogens is 1. The predicted molar refractivity (Wildman–Crippen MR) is 97.2 cm³/mol. The topological polar surface area (TPSA) is 71.5 Å². The zero-order chi connectivity index (χ0) is 17.6. The standard InChI is InChI=1S/C18H21N3O3S/c1-13-16(17(23)21-10-6-3-7-11-21)25-18(19-13)20-15(22)12-24-14-8-4-2-5-9-14/h2,4-5,8-9H,3,6-7,10-12H2,1H3,(H,19,20,22). The van der Waals surface area contributed by atoms with Crippen molar-refractivity contribution in [3.8, 4) is 5.75 Å². The number of rotatable bonds is 5. The molecule has 1 N–H and O–H groups in total. The average Bonchev–Trinajstić information content (AvgIpc) is 3.01. The maximum atomic E-state index is 12.6. The number of benzene rings is 1. The third-order valence-corrected chi connectivity index (χ3v) is 5.05. The molecular weight excluding hydrogens is 338 g/mol. The second kappa shape index (κ2) is 8.11. The number of ether oxygens (including phenoxy) is 1. The van der Waals surface area contributed by atoms with Gasteiger partial charge in [0.1, 0.15) is 10.6 Å². The highest BCUT2D eigenvalue weighted by molar-refractivity contribution is 7.17. The number of piperidine rings is 1. The van der Waals surface area contributed by atoms with E-state index in [0.717, 1.165) is 25.9 Å². The van der Waals surface area contributed by atoms with Crippen LogP contribution in [0, 0.1) is 6.92 Å². The van der Waals surface area contributed by atoms with Crippen molar-refractivity contribution in [1.82, 2.24) is 9.88 Å². The first-order valence-electron chi connectivity index (χ1n) is 8.38. The number of likely N-dealkylation sites (tertiary alicyclic amines) is 1. The van der Waals surface area contributed by atoms with Crippen molar-refractivity contribution in [1.29, 1.82) is 0 Å². The molecule has 0 radical (unpaired) electrons. The summed E-state index contributed by atoms with van der Waals surface area (Å²) in [6, 6.07) is 9.14. The summed E-state index contributed by atoms with van der Waals surface area (Å²) >= 11 is 1.22. The van der Waals surface area contributed by atoms with Gasteiger partial charge in [0.05, 0.1) is 5.69 Å². The molecule has 1 fully saturated rings. The van der Waals surface area contributed by atoms with Gasteiger partial charge in [0.25, 0.3) is 11.8 Å². The SMILES string of the molecule is Cc1nc(NC(=O)COc2ccccc2)sc1C(=O)N1CCCCC1. The van der Waals surface area contributed by atoms with Crippen molar-refractivity contribution >= 4 is 28.3 Å². The number of anilines is 1. The molecule has 1 aliphatic rings. The Kier molecular flexibility index (Phi) is 5.65. The largest absolute Gasteiger partial charge is 0.484 e. The van der Waals surface area contributed by atoms with Crippen molar-refractivity contribution in [2.45, 2.75) is 26.2 Å². The summed E-state index contributed by atoms with van der Waals surface area (Å²) in [5.74, 6) is 0.347. The van der Waals surface area contributed by atoms with Gasteiger partial charge >= 0.3 is 0 Å². The molecule has 1 aromatic heterocycles. The van der Waals surface area contributed by atoms with Gasteiger partial charge in [-0.15, -0.1) is 0 Å². The predicted octanol–water partition coefficient (Wildman–Crippen LogP) is 3.10. The summed E-state index contributed by atoms with van der Waals surface area (Å²) in [7, 11) is 0. The van der Waals surface area contributed by atoms with E-state index in [-0.39, 0.29) is 18.4 Å². The van der Waals surface area contributed by atoms with Crippen LogP contribution in [0.25, 0.3) is 0 Å². The highest BCUT2D eigenvalue weighted by atomic mass is 32.1. The minimum Gasteiger partial charge on any atom is -0.484 e. The molecule has 1 aliphatic heterocycles. The average molecular weight is 359 g/mol. The number of nitrogens with one attached hydrogen (secondary N) is 1. The molecule has 1 saturated heterocycles. The summed E-state index contributed by atoms with van der Waals surface area (Å²) in [5, 5.41) is 3.13. The Morgan fingerprint density at radius 2 is 1.92 bits per heavy atom. The summed E-state index contributed by atoms with van der Waals surface area (Å²) in [4.78, 5) is 31.4. The Bertz CT molecular complexity index is 739. The number of thiazole rings is 1. The molecule has 25 heavy (non-hydrogen) atoms. The molecule has 2 amide bonds. The normalized spacial score (nSPS) is 14.2. The molecule has 6 nitrogen and oxygen atoms in total. The van der Waals surface area contributed by atoms with Crippen molar-refractivity contribution in [3.63, 3.8) is 0 Å². The van der Waals surface area contributed by atoms with Crippen LogP contribution in [0.4, 0.5) is 5.13 Å². The van der Waals surface area contributed by atoms with Crippen molar-refractivity contribution in [3.05, 3.63) is 40.9 Å². The lowest BCUT2D eigenvalue weighted by Crippen LogP contribution is -2.35. The van der Waals surface area contributed by atoms with Gasteiger partial charge in [-0.2, -0.15) is 0 Å². The molecule has 3 rings (SSSR count). The molecule has 0 aliphatic carbocycles. The van der Waals surface area contributed by atoms with E-state index in [1.807, 2.05) is 23.1 Å². The zero-order valence-corrected chi connectivity index (χ0v) is 15.0. The molecule has 132 valence electrons. The Morgan fingerprint density at radius 3 is 2.64 bits per heavy atom. The maximum absolute atomic E-state index is 12.6. The van der Waals surface area contributed by atoms with Gasteiger partial charge < -0.3 is 9.64 Å². The minimum absolute atomic E-state index is 0.00994. The van der Waals surface area contributed by atoms with E-state index < -0.39 is 0 Å². The maximum Gasteiger partial charge on any atom is 0.265 e. The third kappa shape index (κ3) is 4.57. The lowest BCUT2D eigenvalue weighted by atomic mass is 10.1. The number of para-hydroxylation sites is 1. The third-order valence-electron chi connectivity index (χ3n) is 3.99. The fourth-order valence-corrected chi connectivity index (χ4v) is 3.66. The summed E-state index contributed by atoms with van der Waals surface area (Å²) in [6.45, 7) is 3.29. The molecule has 0 spiro atoms. The van der Waals surface area contributed by atoms with Crippen LogP contribution in [0.5, 0.6) is 5.75 Å². The first-order chi connectivity index (χ1) is 12.1. The molecule has 0 bridgehead atoms. The van der Waals surface area contributed by atoms with E-state index in [1.165, 1.54) is 17.8 Å². The quantitative estimate of drug-likeness (QED) is 0.890. The van der Waals surface area contributed by atoms with Crippen LogP contribution in [0.1, 0.15) is 34.6 Å². The van der Waals surface area contributed by atoms with Gasteiger partial charge in [0.15, 0.2) is 11.7 Å². The highest BCUT2D eigenvalue weighted by Gasteiger charge is 2.23. The molecule has 2 aromatic rings. The highest BCUT2D eigenvalue weighted by Crippen LogP contribution is 2.25. The van der Waals surface area contributed by atoms with Crippen LogP contribution >= 0.6 is 11.3 Å². The van der Waals surface area contributed by atoms with E-state index in [2.05, 4.69) is 10.3 Å². The number of aryl methyl sites for hydroxylation is 1. The molecule has 0 atom stereocenters. The van der Waals surface area contributed by atoms with E-state index in [4.69, 9.17) is 4.74 Å². The Hall–Kier alpha value is -2.41. The molecule has 7 heteroatoms. The van der Waals surface area contributed by atoms with Crippen LogP contribution in [-0.2, 0) is 4.79 Å². The lowest BCUT2D eigenvalue weighted by Gasteiger charge is -2.26. The van der Waals surface area contributed by atoms with Gasteiger partial charge in [-0.1, -0.05) is 29.5 Å². The lowest BCUT2D eigenvalue weighted by molar-refractivity contribution is -0.118. The van der Waals surface area contributed by atoms with Crippen molar-refractivity contribution < 1.29 is 14.3 Å². The van der Waals surface area contributed by atoms with Gasteiger partial charge in [-0.25, -0.2) is 4.98 Å². The van der Waals surface area contributed by atoms with Crippen molar-refractivity contribution in [2.24, 2.45) is 0 Å². The first kappa shape index (κ1) is 17.4. The van der Waals surface area contributed by atoms with Crippen molar-refractivity contribution in [2.75, 3.05) is 25.0 Å². The number of hydrogen-bond donors (Lipinski definition) is 1. The minimum atomic E-state index is -0.297. The Morgan fingerprint density at radius 1 is 1.20 bits per heavy atom. The zero-order valence-electron chi connectivity index (χ0n) is 14.2. The fraction of sp³-hybridized carbons (Fsp3) is 0.389. The Labute approximate surface area is 150 Å². The number of amides is 2.